The number of fused-ring (bicyclic) bond motifs is 1. The predicted molar refractivity (Wildman–Crippen MR) is 105 cm³/mol. The number of aryl methyl sites for hydroxylation is 1. The van der Waals surface area contributed by atoms with Crippen molar-refractivity contribution in [3.8, 4) is 11.4 Å². The lowest BCUT2D eigenvalue weighted by atomic mass is 10.1. The van der Waals surface area contributed by atoms with Gasteiger partial charge in [-0.05, 0) is 19.1 Å². The van der Waals surface area contributed by atoms with Crippen LogP contribution in [0.3, 0.4) is 0 Å². The molecule has 130 valence electrons. The summed E-state index contributed by atoms with van der Waals surface area (Å²) in [4.78, 5) is 15.6. The summed E-state index contributed by atoms with van der Waals surface area (Å²) in [5.74, 6) is 1.46. The Balaban J connectivity index is 1.57. The molecule has 5 nitrogen and oxygen atoms in total. The van der Waals surface area contributed by atoms with Crippen LogP contribution in [0.5, 0.6) is 0 Å². The van der Waals surface area contributed by atoms with E-state index in [1.807, 2.05) is 35.9 Å². The summed E-state index contributed by atoms with van der Waals surface area (Å²) in [6, 6.07) is 17.4. The van der Waals surface area contributed by atoms with E-state index >= 15 is 0 Å². The highest BCUT2D eigenvalue weighted by Crippen LogP contribution is 2.25. The van der Waals surface area contributed by atoms with Crippen LogP contribution in [0.2, 0.25) is 0 Å². The Labute approximate surface area is 155 Å². The summed E-state index contributed by atoms with van der Waals surface area (Å²) in [7, 11) is 1.96. The average Bonchev–Trinajstić information content (AvgIpc) is 3.01. The van der Waals surface area contributed by atoms with E-state index in [1.165, 1.54) is 5.56 Å². The van der Waals surface area contributed by atoms with Crippen LogP contribution in [0.1, 0.15) is 11.3 Å². The number of rotatable bonds is 4. The molecule has 26 heavy (non-hydrogen) atoms. The summed E-state index contributed by atoms with van der Waals surface area (Å²) in [6.45, 7) is 2.06. The molecule has 4 aromatic rings. The van der Waals surface area contributed by atoms with Gasteiger partial charge in [-0.15, -0.1) is 10.2 Å². The van der Waals surface area contributed by atoms with Crippen molar-refractivity contribution in [2.24, 2.45) is 7.05 Å². The summed E-state index contributed by atoms with van der Waals surface area (Å²) in [5, 5.41) is 10.1. The van der Waals surface area contributed by atoms with Crippen LogP contribution < -0.4 is 5.43 Å². The van der Waals surface area contributed by atoms with Gasteiger partial charge in [0.15, 0.2) is 16.4 Å². The van der Waals surface area contributed by atoms with Crippen LogP contribution in [0.15, 0.2) is 64.5 Å². The molecule has 0 aliphatic carbocycles. The predicted octanol–water partition coefficient (Wildman–Crippen LogP) is 3.92. The maximum absolute atomic E-state index is 12.2. The van der Waals surface area contributed by atoms with Crippen molar-refractivity contribution in [3.63, 3.8) is 0 Å². The Morgan fingerprint density at radius 1 is 1.08 bits per heavy atom. The van der Waals surface area contributed by atoms with E-state index < -0.39 is 0 Å². The van der Waals surface area contributed by atoms with Crippen molar-refractivity contribution in [1.82, 2.24) is 19.7 Å². The van der Waals surface area contributed by atoms with Crippen LogP contribution in [-0.2, 0) is 12.8 Å². The molecule has 0 aliphatic heterocycles. The van der Waals surface area contributed by atoms with Gasteiger partial charge in [0, 0.05) is 41.0 Å². The van der Waals surface area contributed by atoms with Gasteiger partial charge >= 0.3 is 0 Å². The van der Waals surface area contributed by atoms with Gasteiger partial charge in [0.2, 0.25) is 0 Å². The first kappa shape index (κ1) is 16.6. The third-order valence-corrected chi connectivity index (χ3v) is 5.36. The van der Waals surface area contributed by atoms with Gasteiger partial charge in [-0.25, -0.2) is 0 Å². The Hall–Kier alpha value is -2.86. The van der Waals surface area contributed by atoms with Crippen LogP contribution in [0.4, 0.5) is 0 Å². The first-order valence-corrected chi connectivity index (χ1v) is 9.30. The standard InChI is InChI=1S/C20H18N4OS/c1-13-7-9-14(10-8-13)19-22-23-20(24(19)2)26-12-15-11-18(25)16-5-3-4-6-17(16)21-15/h3-11H,12H2,1-2H3,(H,21,25). The number of pyridine rings is 1. The van der Waals surface area contributed by atoms with Gasteiger partial charge in [0.25, 0.3) is 0 Å². The highest BCUT2D eigenvalue weighted by Gasteiger charge is 2.12. The number of hydrogen-bond donors (Lipinski definition) is 1. The molecule has 1 N–H and O–H groups in total. The summed E-state index contributed by atoms with van der Waals surface area (Å²) in [5.41, 5.74) is 4.02. The summed E-state index contributed by atoms with van der Waals surface area (Å²) < 4.78 is 1.98. The second kappa shape index (κ2) is 6.80. The van der Waals surface area contributed by atoms with E-state index in [2.05, 4.69) is 46.4 Å². The molecule has 2 aromatic heterocycles. The quantitative estimate of drug-likeness (QED) is 0.559. The number of nitrogens with zero attached hydrogens (tertiary/aromatic N) is 3. The number of thioether (sulfide) groups is 1. The number of nitrogens with one attached hydrogen (secondary N) is 1. The van der Waals surface area contributed by atoms with Crippen LogP contribution in [0.25, 0.3) is 22.3 Å². The number of aromatic nitrogens is 4. The zero-order chi connectivity index (χ0) is 18.1. The van der Waals surface area contributed by atoms with Gasteiger partial charge in [-0.1, -0.05) is 53.7 Å². The minimum absolute atomic E-state index is 0.0354. The monoisotopic (exact) mass is 362 g/mol. The van der Waals surface area contributed by atoms with E-state index in [-0.39, 0.29) is 5.43 Å². The van der Waals surface area contributed by atoms with E-state index in [4.69, 9.17) is 0 Å². The fourth-order valence-corrected chi connectivity index (χ4v) is 3.69. The Morgan fingerprint density at radius 3 is 2.65 bits per heavy atom. The van der Waals surface area contributed by atoms with Crippen molar-refractivity contribution in [3.05, 3.63) is 76.1 Å². The average molecular weight is 362 g/mol. The number of hydrogen-bond acceptors (Lipinski definition) is 4. The lowest BCUT2D eigenvalue weighted by Crippen LogP contribution is -2.04. The fraction of sp³-hybridized carbons (Fsp3) is 0.150. The summed E-state index contributed by atoms with van der Waals surface area (Å²) >= 11 is 1.56. The second-order valence-electron chi connectivity index (χ2n) is 6.22. The first-order valence-electron chi connectivity index (χ1n) is 8.32. The molecule has 0 atom stereocenters. The molecule has 0 unspecified atom stereocenters. The van der Waals surface area contributed by atoms with Gasteiger partial charge in [-0.3, -0.25) is 4.79 Å². The van der Waals surface area contributed by atoms with Crippen LogP contribution in [0, 0.1) is 6.92 Å². The van der Waals surface area contributed by atoms with Gasteiger partial charge in [0.05, 0.1) is 0 Å². The minimum atomic E-state index is 0.0354. The molecule has 0 saturated heterocycles. The normalized spacial score (nSPS) is 11.2. The number of aromatic amines is 1. The van der Waals surface area contributed by atoms with Gasteiger partial charge in [-0.2, -0.15) is 0 Å². The summed E-state index contributed by atoms with van der Waals surface area (Å²) in [6.07, 6.45) is 0. The number of benzene rings is 2. The van der Waals surface area contributed by atoms with E-state index in [0.29, 0.717) is 11.1 Å². The van der Waals surface area contributed by atoms with Crippen molar-refractivity contribution < 1.29 is 0 Å². The second-order valence-corrected chi connectivity index (χ2v) is 7.17. The molecule has 0 saturated carbocycles. The molecular weight excluding hydrogens is 344 g/mol. The van der Waals surface area contributed by atoms with Crippen molar-refractivity contribution in [2.75, 3.05) is 0 Å². The Bertz CT molecular complexity index is 1130. The van der Waals surface area contributed by atoms with Crippen molar-refractivity contribution in [2.45, 2.75) is 17.8 Å². The van der Waals surface area contributed by atoms with E-state index in [9.17, 15) is 4.79 Å². The molecule has 4 rings (SSSR count). The molecule has 2 heterocycles. The molecular formula is C20H18N4OS. The van der Waals surface area contributed by atoms with Gasteiger partial charge < -0.3 is 9.55 Å². The third-order valence-electron chi connectivity index (χ3n) is 4.29. The molecule has 0 spiro atoms. The topological polar surface area (TPSA) is 63.6 Å². The maximum Gasteiger partial charge on any atom is 0.191 e. The first-order chi connectivity index (χ1) is 12.6. The van der Waals surface area contributed by atoms with Gasteiger partial charge in [0.1, 0.15) is 0 Å². The molecule has 0 fully saturated rings. The Kier molecular flexibility index (Phi) is 4.34. The highest BCUT2D eigenvalue weighted by molar-refractivity contribution is 7.98. The maximum atomic E-state index is 12.2. The number of H-pyrrole nitrogens is 1. The largest absolute Gasteiger partial charge is 0.357 e. The molecule has 0 amide bonds. The SMILES string of the molecule is Cc1ccc(-c2nnc(SCc3cc(=O)c4ccccc4[nH]3)n2C)cc1. The van der Waals surface area contributed by atoms with E-state index in [0.717, 1.165) is 27.8 Å². The van der Waals surface area contributed by atoms with Crippen molar-refractivity contribution >= 4 is 22.7 Å². The van der Waals surface area contributed by atoms with Crippen LogP contribution in [-0.4, -0.2) is 19.7 Å². The Morgan fingerprint density at radius 2 is 1.85 bits per heavy atom. The zero-order valence-electron chi connectivity index (χ0n) is 14.6. The molecule has 6 heteroatoms. The van der Waals surface area contributed by atoms with E-state index in [1.54, 1.807) is 17.8 Å². The molecule has 0 radical (unpaired) electrons. The van der Waals surface area contributed by atoms with Crippen molar-refractivity contribution in [1.29, 1.82) is 0 Å². The lowest BCUT2D eigenvalue weighted by Gasteiger charge is -2.06. The molecule has 0 bridgehead atoms. The smallest absolute Gasteiger partial charge is 0.191 e. The zero-order valence-corrected chi connectivity index (χ0v) is 15.4. The molecule has 2 aromatic carbocycles. The van der Waals surface area contributed by atoms with Crippen LogP contribution >= 0.6 is 11.8 Å². The molecule has 0 aliphatic rings. The fourth-order valence-electron chi connectivity index (χ4n) is 2.87. The minimum Gasteiger partial charge on any atom is -0.357 e. The highest BCUT2D eigenvalue weighted by atomic mass is 32.2. The lowest BCUT2D eigenvalue weighted by molar-refractivity contribution is 0.793. The number of para-hydroxylation sites is 1. The third kappa shape index (κ3) is 3.15.